The molecular formula is C16H15Cl2NO2. The molecule has 0 spiro atoms. The number of halogens is 2. The predicted octanol–water partition coefficient (Wildman–Crippen LogP) is 4.79. The maximum Gasteiger partial charge on any atom is 0.265 e. The van der Waals surface area contributed by atoms with Crippen molar-refractivity contribution in [2.75, 3.05) is 5.32 Å². The number of carbonyl (C=O) groups excluding carboxylic acids is 1. The molecule has 0 unspecified atom stereocenters. The van der Waals surface area contributed by atoms with Crippen molar-refractivity contribution in [3.63, 3.8) is 0 Å². The van der Waals surface area contributed by atoms with Crippen LogP contribution >= 0.6 is 23.2 Å². The van der Waals surface area contributed by atoms with Crippen molar-refractivity contribution < 1.29 is 9.53 Å². The Kier molecular flexibility index (Phi) is 5.48. The monoisotopic (exact) mass is 323 g/mol. The second-order valence-corrected chi connectivity index (χ2v) is 5.23. The highest BCUT2D eigenvalue weighted by molar-refractivity contribution is 6.33. The standard InChI is InChI=1S/C16H15Cl2NO2/c1-2-14(21-15-10-6-4-8-12(15)18)16(20)19-13-9-5-3-7-11(13)17/h3-10,14H,2H2,1H3,(H,19,20)/t14-/m1/s1. The molecule has 1 N–H and O–H groups in total. The fourth-order valence-corrected chi connectivity index (χ4v) is 2.15. The Bertz CT molecular complexity index is 631. The summed E-state index contributed by atoms with van der Waals surface area (Å²) in [6.07, 6.45) is -0.122. The summed E-state index contributed by atoms with van der Waals surface area (Å²) in [5, 5.41) is 3.72. The van der Waals surface area contributed by atoms with E-state index in [2.05, 4.69) is 5.32 Å². The molecule has 110 valence electrons. The minimum absolute atomic E-state index is 0.259. The van der Waals surface area contributed by atoms with Gasteiger partial charge in [0.2, 0.25) is 0 Å². The second kappa shape index (κ2) is 7.34. The van der Waals surface area contributed by atoms with E-state index in [1.807, 2.05) is 6.92 Å². The molecule has 1 amide bonds. The maximum atomic E-state index is 12.3. The molecule has 2 aromatic rings. The van der Waals surface area contributed by atoms with Crippen LogP contribution in [-0.2, 0) is 4.79 Å². The number of hydrogen-bond acceptors (Lipinski definition) is 2. The molecule has 0 saturated carbocycles. The van der Waals surface area contributed by atoms with Crippen LogP contribution in [0.5, 0.6) is 5.75 Å². The number of carbonyl (C=O) groups is 1. The largest absolute Gasteiger partial charge is 0.479 e. The lowest BCUT2D eigenvalue weighted by atomic mass is 10.2. The zero-order chi connectivity index (χ0) is 15.2. The molecule has 5 heteroatoms. The van der Waals surface area contributed by atoms with Gasteiger partial charge in [-0.05, 0) is 30.7 Å². The zero-order valence-electron chi connectivity index (χ0n) is 11.5. The topological polar surface area (TPSA) is 38.3 Å². The third kappa shape index (κ3) is 4.13. The van der Waals surface area contributed by atoms with E-state index in [0.29, 0.717) is 27.9 Å². The number of anilines is 1. The summed E-state index contributed by atoms with van der Waals surface area (Å²) in [6, 6.07) is 14.1. The van der Waals surface area contributed by atoms with Crippen LogP contribution in [0.1, 0.15) is 13.3 Å². The number of amides is 1. The van der Waals surface area contributed by atoms with Crippen molar-refractivity contribution in [3.8, 4) is 5.75 Å². The second-order valence-electron chi connectivity index (χ2n) is 4.41. The SMILES string of the molecule is CC[C@@H](Oc1ccccc1Cl)C(=O)Nc1ccccc1Cl. The van der Waals surface area contributed by atoms with Gasteiger partial charge in [-0.2, -0.15) is 0 Å². The van der Waals surface area contributed by atoms with Gasteiger partial charge in [0.25, 0.3) is 5.91 Å². The molecule has 3 nitrogen and oxygen atoms in total. The minimum Gasteiger partial charge on any atom is -0.479 e. The fraction of sp³-hybridized carbons (Fsp3) is 0.188. The summed E-state index contributed by atoms with van der Waals surface area (Å²) in [7, 11) is 0. The molecule has 1 atom stereocenters. The maximum absolute atomic E-state index is 12.3. The number of nitrogens with one attached hydrogen (secondary N) is 1. The van der Waals surface area contributed by atoms with Crippen LogP contribution in [0.25, 0.3) is 0 Å². The zero-order valence-corrected chi connectivity index (χ0v) is 13.0. The van der Waals surface area contributed by atoms with E-state index >= 15 is 0 Å². The summed E-state index contributed by atoms with van der Waals surface area (Å²) >= 11 is 12.1. The molecule has 21 heavy (non-hydrogen) atoms. The smallest absolute Gasteiger partial charge is 0.265 e. The quantitative estimate of drug-likeness (QED) is 0.859. The Morgan fingerprint density at radius 1 is 1.10 bits per heavy atom. The Balaban J connectivity index is 2.09. The van der Waals surface area contributed by atoms with Crippen LogP contribution in [-0.4, -0.2) is 12.0 Å². The van der Waals surface area contributed by atoms with Crippen LogP contribution in [0.4, 0.5) is 5.69 Å². The Labute approximate surface area is 133 Å². The predicted molar refractivity (Wildman–Crippen MR) is 86.2 cm³/mol. The van der Waals surface area contributed by atoms with Gasteiger partial charge in [-0.15, -0.1) is 0 Å². The fourth-order valence-electron chi connectivity index (χ4n) is 1.79. The van der Waals surface area contributed by atoms with Gasteiger partial charge >= 0.3 is 0 Å². The van der Waals surface area contributed by atoms with Gasteiger partial charge in [0.05, 0.1) is 15.7 Å². The number of benzene rings is 2. The van der Waals surface area contributed by atoms with E-state index in [4.69, 9.17) is 27.9 Å². The van der Waals surface area contributed by atoms with Crippen molar-refractivity contribution in [1.29, 1.82) is 0 Å². The van der Waals surface area contributed by atoms with Gasteiger partial charge in [0.15, 0.2) is 6.10 Å². The highest BCUT2D eigenvalue weighted by Gasteiger charge is 2.20. The molecule has 0 aliphatic heterocycles. The van der Waals surface area contributed by atoms with Gasteiger partial charge < -0.3 is 10.1 Å². The first-order valence-electron chi connectivity index (χ1n) is 6.58. The normalized spacial score (nSPS) is 11.8. The molecule has 0 aromatic heterocycles. The van der Waals surface area contributed by atoms with Crippen molar-refractivity contribution >= 4 is 34.8 Å². The van der Waals surface area contributed by atoms with Gasteiger partial charge in [0.1, 0.15) is 5.75 Å². The molecule has 0 fully saturated rings. The van der Waals surface area contributed by atoms with E-state index in [1.165, 1.54) is 0 Å². The highest BCUT2D eigenvalue weighted by atomic mass is 35.5. The van der Waals surface area contributed by atoms with E-state index < -0.39 is 6.10 Å². The van der Waals surface area contributed by atoms with Gasteiger partial charge in [-0.1, -0.05) is 54.4 Å². The first kappa shape index (κ1) is 15.7. The third-order valence-corrected chi connectivity index (χ3v) is 3.54. The number of hydrogen-bond donors (Lipinski definition) is 1. The first-order chi connectivity index (χ1) is 10.1. The van der Waals surface area contributed by atoms with Crippen molar-refractivity contribution in [1.82, 2.24) is 0 Å². The van der Waals surface area contributed by atoms with E-state index in [-0.39, 0.29) is 5.91 Å². The van der Waals surface area contributed by atoms with Gasteiger partial charge in [-0.25, -0.2) is 0 Å². The van der Waals surface area contributed by atoms with E-state index in [1.54, 1.807) is 48.5 Å². The lowest BCUT2D eigenvalue weighted by Gasteiger charge is -2.18. The Hall–Kier alpha value is -1.71. The first-order valence-corrected chi connectivity index (χ1v) is 7.34. The van der Waals surface area contributed by atoms with Crippen LogP contribution < -0.4 is 10.1 Å². The molecule has 2 aromatic carbocycles. The van der Waals surface area contributed by atoms with Crippen LogP contribution in [0.2, 0.25) is 10.0 Å². The third-order valence-electron chi connectivity index (χ3n) is 2.90. The summed E-state index contributed by atoms with van der Waals surface area (Å²) in [4.78, 5) is 12.3. The van der Waals surface area contributed by atoms with Crippen molar-refractivity contribution in [2.45, 2.75) is 19.4 Å². The van der Waals surface area contributed by atoms with Crippen LogP contribution in [0.15, 0.2) is 48.5 Å². The van der Waals surface area contributed by atoms with Gasteiger partial charge in [-0.3, -0.25) is 4.79 Å². The van der Waals surface area contributed by atoms with Crippen molar-refractivity contribution in [3.05, 3.63) is 58.6 Å². The molecule has 0 bridgehead atoms. The van der Waals surface area contributed by atoms with Gasteiger partial charge in [0, 0.05) is 0 Å². The van der Waals surface area contributed by atoms with Crippen LogP contribution in [0.3, 0.4) is 0 Å². The number of para-hydroxylation sites is 2. The molecule has 0 aliphatic rings. The van der Waals surface area contributed by atoms with Crippen molar-refractivity contribution in [2.24, 2.45) is 0 Å². The van der Waals surface area contributed by atoms with E-state index in [9.17, 15) is 4.79 Å². The average molecular weight is 324 g/mol. The summed E-state index contributed by atoms with van der Waals surface area (Å²) < 4.78 is 5.68. The molecule has 2 rings (SSSR count). The molecule has 0 radical (unpaired) electrons. The lowest BCUT2D eigenvalue weighted by molar-refractivity contribution is -0.122. The average Bonchev–Trinajstić information content (AvgIpc) is 2.48. The van der Waals surface area contributed by atoms with E-state index in [0.717, 1.165) is 0 Å². The number of rotatable bonds is 5. The molecule has 0 aliphatic carbocycles. The minimum atomic E-state index is -0.638. The Morgan fingerprint density at radius 2 is 1.71 bits per heavy atom. The molecule has 0 saturated heterocycles. The molecule has 0 heterocycles. The highest BCUT2D eigenvalue weighted by Crippen LogP contribution is 2.26. The molecular weight excluding hydrogens is 309 g/mol. The van der Waals surface area contributed by atoms with Crippen LogP contribution in [0, 0.1) is 0 Å². The summed E-state index contributed by atoms with van der Waals surface area (Å²) in [6.45, 7) is 1.87. The lowest BCUT2D eigenvalue weighted by Crippen LogP contribution is -2.32. The Morgan fingerprint density at radius 3 is 2.33 bits per heavy atom. The number of ether oxygens (including phenoxy) is 1. The summed E-state index contributed by atoms with van der Waals surface area (Å²) in [5.41, 5.74) is 0.561. The summed E-state index contributed by atoms with van der Waals surface area (Å²) in [5.74, 6) is 0.228.